The molecule has 0 saturated carbocycles. The maximum absolute atomic E-state index is 13.4. The zero-order valence-electron chi connectivity index (χ0n) is 19.2. The van der Waals surface area contributed by atoms with Crippen LogP contribution in [0.4, 0.5) is 5.69 Å². The fourth-order valence-electron chi connectivity index (χ4n) is 4.41. The molecule has 0 spiro atoms. The Labute approximate surface area is 210 Å². The van der Waals surface area contributed by atoms with Crippen LogP contribution in [0.5, 0.6) is 5.75 Å². The minimum absolute atomic E-state index is 0.197. The Kier molecular flexibility index (Phi) is 5.34. The van der Waals surface area contributed by atoms with Gasteiger partial charge in [-0.1, -0.05) is 25.1 Å². The minimum Gasteiger partial charge on any atom is -0.478 e. The highest BCUT2D eigenvalue weighted by Crippen LogP contribution is 2.39. The fourth-order valence-corrected chi connectivity index (χ4v) is 5.21. The van der Waals surface area contributed by atoms with Crippen molar-refractivity contribution in [2.45, 2.75) is 19.4 Å². The monoisotopic (exact) mass is 496 g/mol. The number of carbonyl (C=O) groups excluding carboxylic acids is 3. The van der Waals surface area contributed by atoms with Gasteiger partial charge in [0, 0.05) is 17.1 Å². The second-order valence-corrected chi connectivity index (χ2v) is 9.30. The first-order valence-corrected chi connectivity index (χ1v) is 12.4. The molecule has 0 bridgehead atoms. The molecule has 0 fully saturated rings. The van der Waals surface area contributed by atoms with Gasteiger partial charge in [-0.3, -0.25) is 29.2 Å². The van der Waals surface area contributed by atoms with E-state index in [-0.39, 0.29) is 12.6 Å². The van der Waals surface area contributed by atoms with Crippen molar-refractivity contribution < 1.29 is 19.1 Å². The molecule has 36 heavy (non-hydrogen) atoms. The van der Waals surface area contributed by atoms with Gasteiger partial charge in [0.05, 0.1) is 28.2 Å². The summed E-state index contributed by atoms with van der Waals surface area (Å²) in [6.45, 7) is 1.66. The van der Waals surface area contributed by atoms with E-state index in [1.54, 1.807) is 36.5 Å². The number of benzene rings is 2. The van der Waals surface area contributed by atoms with E-state index in [1.165, 1.54) is 16.2 Å². The lowest BCUT2D eigenvalue weighted by molar-refractivity contribution is -0.126. The molecule has 2 aliphatic heterocycles. The summed E-state index contributed by atoms with van der Waals surface area (Å²) in [5.74, 6) is -0.617. The van der Waals surface area contributed by atoms with Crippen LogP contribution in [-0.4, -0.2) is 45.4 Å². The van der Waals surface area contributed by atoms with Crippen molar-refractivity contribution in [1.29, 1.82) is 0 Å². The first kappa shape index (κ1) is 22.1. The van der Waals surface area contributed by atoms with E-state index < -0.39 is 17.9 Å². The molecule has 4 aromatic rings. The third-order valence-corrected chi connectivity index (χ3v) is 7.14. The number of nitrogens with zero attached hydrogens (tertiary/aromatic N) is 4. The third kappa shape index (κ3) is 3.56. The molecule has 2 aliphatic rings. The summed E-state index contributed by atoms with van der Waals surface area (Å²) in [7, 11) is 0. The topological polar surface area (TPSA) is 92.7 Å². The predicted octanol–water partition coefficient (Wildman–Crippen LogP) is 4.63. The van der Waals surface area contributed by atoms with Crippen LogP contribution in [0.2, 0.25) is 0 Å². The molecule has 1 atom stereocenters. The average Bonchev–Trinajstić information content (AvgIpc) is 3.50. The Morgan fingerprint density at radius 2 is 1.67 bits per heavy atom. The first-order valence-electron chi connectivity index (χ1n) is 11.5. The Morgan fingerprint density at radius 3 is 2.36 bits per heavy atom. The van der Waals surface area contributed by atoms with Crippen LogP contribution in [0, 0.1) is 0 Å². The number of carbonyl (C=O) groups is 3. The maximum atomic E-state index is 13.4. The lowest BCUT2D eigenvalue weighted by Gasteiger charge is -2.35. The predicted molar refractivity (Wildman–Crippen MR) is 135 cm³/mol. The zero-order chi connectivity index (χ0) is 24.8. The molecule has 0 radical (unpaired) electrons. The van der Waals surface area contributed by atoms with E-state index in [0.29, 0.717) is 29.0 Å². The normalized spacial score (nSPS) is 16.7. The van der Waals surface area contributed by atoms with Crippen LogP contribution in [0.1, 0.15) is 34.1 Å². The van der Waals surface area contributed by atoms with Crippen molar-refractivity contribution in [3.05, 3.63) is 83.4 Å². The Hall–Kier alpha value is -4.37. The van der Waals surface area contributed by atoms with Crippen LogP contribution in [0.3, 0.4) is 0 Å². The van der Waals surface area contributed by atoms with E-state index in [9.17, 15) is 14.4 Å². The van der Waals surface area contributed by atoms with E-state index in [4.69, 9.17) is 9.72 Å². The number of aromatic nitrogens is 2. The summed E-state index contributed by atoms with van der Waals surface area (Å²) in [5.41, 5.74) is 3.47. The zero-order valence-corrected chi connectivity index (χ0v) is 20.1. The highest BCUT2D eigenvalue weighted by molar-refractivity contribution is 7.13. The molecule has 0 N–H and O–H groups in total. The molecular formula is C27H20N4O4S. The Morgan fingerprint density at radius 1 is 0.917 bits per heavy atom. The number of hydrogen-bond acceptors (Lipinski definition) is 7. The van der Waals surface area contributed by atoms with Gasteiger partial charge in [0.15, 0.2) is 6.10 Å². The Balaban J connectivity index is 1.36. The number of imide groups is 1. The van der Waals surface area contributed by atoms with Gasteiger partial charge in [0.25, 0.3) is 17.7 Å². The van der Waals surface area contributed by atoms with E-state index in [2.05, 4.69) is 4.98 Å². The second-order valence-electron chi connectivity index (χ2n) is 8.44. The summed E-state index contributed by atoms with van der Waals surface area (Å²) in [6.07, 6.45) is 1.48. The number of pyridine rings is 1. The van der Waals surface area contributed by atoms with Gasteiger partial charge in [-0.25, -0.2) is 4.98 Å². The average molecular weight is 497 g/mol. The van der Waals surface area contributed by atoms with Crippen LogP contribution in [-0.2, 0) is 4.79 Å². The van der Waals surface area contributed by atoms with Crippen molar-refractivity contribution in [2.24, 2.45) is 0 Å². The molecule has 4 heterocycles. The highest BCUT2D eigenvalue weighted by Gasteiger charge is 2.41. The van der Waals surface area contributed by atoms with Gasteiger partial charge >= 0.3 is 0 Å². The molecule has 2 aromatic carbocycles. The molecule has 0 saturated heterocycles. The molecular weight excluding hydrogens is 476 g/mol. The van der Waals surface area contributed by atoms with Gasteiger partial charge in [-0.2, -0.15) is 0 Å². The molecule has 1 unspecified atom stereocenters. The molecule has 8 nitrogen and oxygen atoms in total. The van der Waals surface area contributed by atoms with Gasteiger partial charge < -0.3 is 4.74 Å². The molecule has 2 aromatic heterocycles. The number of anilines is 1. The standard InChI is InChI=1S/C27H20N4O4S/c1-2-22-27(34)30(15-31-25(32)17-7-3-4-8-18(17)26(31)33)21-13-16(10-11-23(21)35-22)20-14-36-24(29-20)19-9-5-6-12-28-19/h3-14,22H,2,15H2,1H3. The molecule has 6 rings (SSSR count). The SMILES string of the molecule is CCC1Oc2ccc(-c3csc(-c4ccccn4)n3)cc2N(CN2C(=O)c3ccccc3C2=O)C1=O. The summed E-state index contributed by atoms with van der Waals surface area (Å²) in [6, 6.07) is 17.8. The number of rotatable bonds is 5. The maximum Gasteiger partial charge on any atom is 0.269 e. The lowest BCUT2D eigenvalue weighted by Crippen LogP contribution is -2.51. The van der Waals surface area contributed by atoms with Crippen molar-refractivity contribution in [3.8, 4) is 27.7 Å². The smallest absolute Gasteiger partial charge is 0.269 e. The second kappa shape index (κ2) is 8.69. The Bertz CT molecular complexity index is 1480. The molecule has 178 valence electrons. The summed E-state index contributed by atoms with van der Waals surface area (Å²) < 4.78 is 5.96. The van der Waals surface area contributed by atoms with Gasteiger partial charge in [-0.15, -0.1) is 11.3 Å². The quantitative estimate of drug-likeness (QED) is 0.374. The number of fused-ring (bicyclic) bond motifs is 2. The van der Waals surface area contributed by atoms with Crippen LogP contribution in [0.25, 0.3) is 22.0 Å². The fraction of sp³-hybridized carbons (Fsp3) is 0.148. The molecule has 3 amide bonds. The van der Waals surface area contributed by atoms with Crippen molar-refractivity contribution in [1.82, 2.24) is 14.9 Å². The van der Waals surface area contributed by atoms with Gasteiger partial charge in [0.2, 0.25) is 0 Å². The summed E-state index contributed by atoms with van der Waals surface area (Å²) in [4.78, 5) is 51.0. The summed E-state index contributed by atoms with van der Waals surface area (Å²) >= 11 is 1.48. The van der Waals surface area contributed by atoms with Crippen molar-refractivity contribution in [2.75, 3.05) is 11.6 Å². The van der Waals surface area contributed by atoms with Crippen molar-refractivity contribution >= 4 is 34.7 Å². The molecule has 9 heteroatoms. The van der Waals surface area contributed by atoms with Crippen LogP contribution < -0.4 is 9.64 Å². The van der Waals surface area contributed by atoms with Crippen molar-refractivity contribution in [3.63, 3.8) is 0 Å². The van der Waals surface area contributed by atoms with E-state index in [0.717, 1.165) is 26.9 Å². The van der Waals surface area contributed by atoms with Crippen LogP contribution >= 0.6 is 11.3 Å². The lowest BCUT2D eigenvalue weighted by atomic mass is 10.1. The van der Waals surface area contributed by atoms with Gasteiger partial charge in [0.1, 0.15) is 17.4 Å². The molecule has 0 aliphatic carbocycles. The third-order valence-electron chi connectivity index (χ3n) is 6.28. The first-order chi connectivity index (χ1) is 17.5. The van der Waals surface area contributed by atoms with Gasteiger partial charge in [-0.05, 0) is 48.9 Å². The number of ether oxygens (including phenoxy) is 1. The van der Waals surface area contributed by atoms with E-state index >= 15 is 0 Å². The van der Waals surface area contributed by atoms with E-state index in [1.807, 2.05) is 42.6 Å². The largest absolute Gasteiger partial charge is 0.478 e. The number of thiazole rings is 1. The minimum atomic E-state index is -0.700. The number of hydrogen-bond donors (Lipinski definition) is 0. The highest BCUT2D eigenvalue weighted by atomic mass is 32.1. The number of amides is 3. The summed E-state index contributed by atoms with van der Waals surface area (Å²) in [5, 5.41) is 2.71. The van der Waals surface area contributed by atoms with Crippen LogP contribution in [0.15, 0.2) is 72.2 Å².